The van der Waals surface area contributed by atoms with Gasteiger partial charge in [0.15, 0.2) is 0 Å². The molecule has 0 radical (unpaired) electrons. The fourth-order valence-electron chi connectivity index (χ4n) is 5.15. The summed E-state index contributed by atoms with van der Waals surface area (Å²) in [6.45, 7) is 2.98. The van der Waals surface area contributed by atoms with Gasteiger partial charge in [0, 0.05) is 60.3 Å². The standard InChI is InChI=1S/C27H27ClN4O4S/c28-21-7-5-19(6-8-21)26-23-10-16-37-24(23)9-13-31(26)18-25(33)29-11-2-12-30(15-14-29)27(34)20-3-1-4-22(17-20)32(35)36/h1,3-8,10,16-17,26H,2,9,11-15,18H2. The van der Waals surface area contributed by atoms with Crippen molar-refractivity contribution >= 4 is 40.4 Å². The Bertz CT molecular complexity index is 1310. The number of non-ortho nitro benzene ring substituents is 1. The van der Waals surface area contributed by atoms with E-state index in [2.05, 4.69) is 16.3 Å². The van der Waals surface area contributed by atoms with Crippen molar-refractivity contribution in [1.82, 2.24) is 14.7 Å². The number of carbonyl (C=O) groups is 2. The maximum Gasteiger partial charge on any atom is 0.270 e. The highest BCUT2D eigenvalue weighted by atomic mass is 35.5. The molecule has 2 amide bonds. The molecule has 0 N–H and O–H groups in total. The van der Waals surface area contributed by atoms with Gasteiger partial charge in [-0.2, -0.15) is 0 Å². The molecular formula is C27H27ClN4O4S. The Labute approximate surface area is 224 Å². The van der Waals surface area contributed by atoms with Crippen LogP contribution in [-0.2, 0) is 11.2 Å². The predicted octanol–water partition coefficient (Wildman–Crippen LogP) is 4.63. The van der Waals surface area contributed by atoms with Crippen molar-refractivity contribution < 1.29 is 14.5 Å². The highest BCUT2D eigenvalue weighted by Crippen LogP contribution is 2.38. The van der Waals surface area contributed by atoms with Crippen LogP contribution in [0.25, 0.3) is 0 Å². The first kappa shape index (κ1) is 25.4. The summed E-state index contributed by atoms with van der Waals surface area (Å²) in [5.74, 6) is -0.205. The van der Waals surface area contributed by atoms with Crippen LogP contribution >= 0.6 is 22.9 Å². The van der Waals surface area contributed by atoms with Gasteiger partial charge in [0.1, 0.15) is 0 Å². The molecule has 1 saturated heterocycles. The summed E-state index contributed by atoms with van der Waals surface area (Å²) in [7, 11) is 0. The fraction of sp³-hybridized carbons (Fsp3) is 0.333. The maximum absolute atomic E-state index is 13.5. The van der Waals surface area contributed by atoms with Crippen LogP contribution in [0.4, 0.5) is 5.69 Å². The summed E-state index contributed by atoms with van der Waals surface area (Å²) in [5.41, 5.74) is 2.54. The molecular weight excluding hydrogens is 512 g/mol. The molecule has 5 rings (SSSR count). The van der Waals surface area contributed by atoms with Gasteiger partial charge in [0.2, 0.25) is 5.91 Å². The Morgan fingerprint density at radius 2 is 1.76 bits per heavy atom. The van der Waals surface area contributed by atoms with Crippen molar-refractivity contribution in [2.75, 3.05) is 39.3 Å². The molecule has 1 atom stereocenters. The summed E-state index contributed by atoms with van der Waals surface area (Å²) in [4.78, 5) is 44.2. The van der Waals surface area contributed by atoms with E-state index in [1.807, 2.05) is 29.2 Å². The minimum Gasteiger partial charge on any atom is -0.340 e. The van der Waals surface area contributed by atoms with Crippen LogP contribution in [0.15, 0.2) is 60.0 Å². The SMILES string of the molecule is O=C(CN1CCc2sccc2C1c1ccc(Cl)cc1)N1CCCN(C(=O)c2cccc([N+](=O)[O-])c2)CC1. The van der Waals surface area contributed by atoms with E-state index in [0.29, 0.717) is 49.7 Å². The average molecular weight is 539 g/mol. The number of carbonyl (C=O) groups excluding carboxylic acids is 2. The lowest BCUT2D eigenvalue weighted by Crippen LogP contribution is -2.45. The number of nitro groups is 1. The summed E-state index contributed by atoms with van der Waals surface area (Å²) in [6.07, 6.45) is 1.57. The molecule has 192 valence electrons. The van der Waals surface area contributed by atoms with Crippen molar-refractivity contribution in [3.05, 3.63) is 96.7 Å². The van der Waals surface area contributed by atoms with Gasteiger partial charge in [-0.1, -0.05) is 29.8 Å². The van der Waals surface area contributed by atoms with Crippen LogP contribution in [0.5, 0.6) is 0 Å². The van der Waals surface area contributed by atoms with Crippen molar-refractivity contribution in [2.24, 2.45) is 0 Å². The van der Waals surface area contributed by atoms with E-state index in [1.54, 1.807) is 22.3 Å². The van der Waals surface area contributed by atoms with Gasteiger partial charge >= 0.3 is 0 Å². The Balaban J connectivity index is 1.26. The number of fused-ring (bicyclic) bond motifs is 1. The molecule has 3 aromatic rings. The zero-order chi connectivity index (χ0) is 25.9. The van der Waals surface area contributed by atoms with E-state index in [0.717, 1.165) is 18.5 Å². The molecule has 0 aliphatic carbocycles. The van der Waals surface area contributed by atoms with Crippen LogP contribution in [0.1, 0.15) is 38.8 Å². The zero-order valence-electron chi connectivity index (χ0n) is 20.2. The van der Waals surface area contributed by atoms with Crippen LogP contribution in [0.2, 0.25) is 5.02 Å². The highest BCUT2D eigenvalue weighted by Gasteiger charge is 2.32. The minimum absolute atomic E-state index is 0.00450. The van der Waals surface area contributed by atoms with Gasteiger partial charge in [-0.3, -0.25) is 24.6 Å². The van der Waals surface area contributed by atoms with Gasteiger partial charge in [-0.15, -0.1) is 11.3 Å². The number of rotatable bonds is 5. The minimum atomic E-state index is -0.503. The van der Waals surface area contributed by atoms with Gasteiger partial charge in [-0.25, -0.2) is 0 Å². The van der Waals surface area contributed by atoms with Crippen molar-refractivity contribution in [1.29, 1.82) is 0 Å². The molecule has 1 fully saturated rings. The second-order valence-electron chi connectivity index (χ2n) is 9.31. The topological polar surface area (TPSA) is 87.0 Å². The van der Waals surface area contributed by atoms with Crippen LogP contribution < -0.4 is 0 Å². The first-order valence-corrected chi connectivity index (χ1v) is 13.5. The quantitative estimate of drug-likeness (QED) is 0.349. The summed E-state index contributed by atoms with van der Waals surface area (Å²) >= 11 is 7.89. The lowest BCUT2D eigenvalue weighted by molar-refractivity contribution is -0.384. The van der Waals surface area contributed by atoms with Crippen molar-refractivity contribution in [2.45, 2.75) is 18.9 Å². The molecule has 2 aliphatic heterocycles. The van der Waals surface area contributed by atoms with E-state index in [9.17, 15) is 19.7 Å². The number of hydrogen-bond acceptors (Lipinski definition) is 6. The molecule has 1 unspecified atom stereocenters. The van der Waals surface area contributed by atoms with E-state index in [4.69, 9.17) is 11.6 Å². The smallest absolute Gasteiger partial charge is 0.270 e. The molecule has 0 bridgehead atoms. The first-order chi connectivity index (χ1) is 17.9. The molecule has 1 aromatic heterocycles. The Morgan fingerprint density at radius 3 is 2.54 bits per heavy atom. The van der Waals surface area contributed by atoms with Gasteiger partial charge in [0.25, 0.3) is 11.6 Å². The third-order valence-corrected chi connectivity index (χ3v) is 8.28. The number of nitrogens with zero attached hydrogens (tertiary/aromatic N) is 4. The van der Waals surface area contributed by atoms with Crippen molar-refractivity contribution in [3.63, 3.8) is 0 Å². The van der Waals surface area contributed by atoms with E-state index >= 15 is 0 Å². The number of nitro benzene ring substituents is 1. The number of hydrogen-bond donors (Lipinski definition) is 0. The molecule has 0 saturated carbocycles. The molecule has 0 spiro atoms. The zero-order valence-corrected chi connectivity index (χ0v) is 21.8. The maximum atomic E-state index is 13.5. The number of benzene rings is 2. The van der Waals surface area contributed by atoms with Gasteiger partial charge in [-0.05, 0) is 53.6 Å². The monoisotopic (exact) mass is 538 g/mol. The highest BCUT2D eigenvalue weighted by molar-refractivity contribution is 7.10. The van der Waals surface area contributed by atoms with Crippen LogP contribution in [-0.4, -0.2) is 70.7 Å². The van der Waals surface area contributed by atoms with Crippen LogP contribution in [0.3, 0.4) is 0 Å². The molecule has 2 aliphatic rings. The predicted molar refractivity (Wildman–Crippen MR) is 143 cm³/mol. The summed E-state index contributed by atoms with van der Waals surface area (Å²) in [6, 6.07) is 15.8. The van der Waals surface area contributed by atoms with Crippen LogP contribution in [0, 0.1) is 10.1 Å². The number of halogens is 1. The first-order valence-electron chi connectivity index (χ1n) is 12.3. The third-order valence-electron chi connectivity index (χ3n) is 7.03. The molecule has 3 heterocycles. The van der Waals surface area contributed by atoms with E-state index in [-0.39, 0.29) is 23.5 Å². The summed E-state index contributed by atoms with van der Waals surface area (Å²) in [5, 5.41) is 13.9. The Morgan fingerprint density at radius 1 is 1.00 bits per heavy atom. The van der Waals surface area contributed by atoms with Gasteiger partial charge < -0.3 is 9.80 Å². The van der Waals surface area contributed by atoms with Gasteiger partial charge in [0.05, 0.1) is 17.5 Å². The Hall–Kier alpha value is -3.27. The normalized spacial score (nSPS) is 18.2. The molecule has 10 heteroatoms. The fourth-order valence-corrected chi connectivity index (χ4v) is 6.18. The van der Waals surface area contributed by atoms with E-state index < -0.39 is 4.92 Å². The Kier molecular flexibility index (Phi) is 7.55. The number of thiophene rings is 1. The largest absolute Gasteiger partial charge is 0.340 e. The lowest BCUT2D eigenvalue weighted by atomic mass is 9.93. The molecule has 8 nitrogen and oxygen atoms in total. The molecule has 37 heavy (non-hydrogen) atoms. The number of amides is 2. The lowest BCUT2D eigenvalue weighted by Gasteiger charge is -2.37. The second-order valence-corrected chi connectivity index (χ2v) is 10.7. The third kappa shape index (κ3) is 5.53. The van der Waals surface area contributed by atoms with Crippen molar-refractivity contribution in [3.8, 4) is 0 Å². The second kappa shape index (κ2) is 11.0. The molecule has 2 aromatic carbocycles. The van der Waals surface area contributed by atoms with E-state index in [1.165, 1.54) is 28.6 Å². The summed E-state index contributed by atoms with van der Waals surface area (Å²) < 4.78 is 0. The average Bonchev–Trinajstić information content (AvgIpc) is 3.24.